The van der Waals surface area contributed by atoms with Crippen molar-refractivity contribution in [2.45, 2.75) is 4.90 Å². The van der Waals surface area contributed by atoms with E-state index < -0.39 is 38.6 Å². The molecule has 1 N–H and O–H groups in total. The molecular formula is C15H17ClN4O5S. The SMILES string of the molecule is CN(CC(=O)Nc1ccccc1Cl)S(=O)(=O)c1cn(C)c(=O)n(C)c1=O. The van der Waals surface area contributed by atoms with Crippen LogP contribution in [0.15, 0.2) is 44.9 Å². The number of halogens is 1. The number of aromatic nitrogens is 2. The van der Waals surface area contributed by atoms with E-state index in [1.54, 1.807) is 24.3 Å². The van der Waals surface area contributed by atoms with E-state index >= 15 is 0 Å². The highest BCUT2D eigenvalue weighted by Crippen LogP contribution is 2.20. The summed E-state index contributed by atoms with van der Waals surface area (Å²) < 4.78 is 27.6. The number of likely N-dealkylation sites (N-methyl/N-ethyl adjacent to an activating group) is 1. The van der Waals surface area contributed by atoms with Crippen molar-refractivity contribution in [1.29, 1.82) is 0 Å². The minimum absolute atomic E-state index is 0.304. The Kier molecular flexibility index (Phi) is 5.69. The van der Waals surface area contributed by atoms with Gasteiger partial charge in [0.15, 0.2) is 4.90 Å². The second kappa shape index (κ2) is 7.44. The van der Waals surface area contributed by atoms with E-state index in [1.807, 2.05) is 0 Å². The molecule has 1 amide bonds. The average molecular weight is 401 g/mol. The van der Waals surface area contributed by atoms with Gasteiger partial charge in [0.05, 0.1) is 17.3 Å². The number of para-hydroxylation sites is 1. The van der Waals surface area contributed by atoms with Crippen molar-refractivity contribution in [2.75, 3.05) is 18.9 Å². The maximum Gasteiger partial charge on any atom is 0.330 e. The van der Waals surface area contributed by atoms with E-state index in [4.69, 9.17) is 11.6 Å². The molecular weight excluding hydrogens is 384 g/mol. The summed E-state index contributed by atoms with van der Waals surface area (Å²) in [7, 11) is -0.625. The van der Waals surface area contributed by atoms with Crippen molar-refractivity contribution in [3.8, 4) is 0 Å². The topological polar surface area (TPSA) is 110 Å². The summed E-state index contributed by atoms with van der Waals surface area (Å²) in [6.07, 6.45) is 0.933. The third-order valence-corrected chi connectivity index (χ3v) is 5.73. The number of carbonyl (C=O) groups is 1. The molecule has 0 atom stereocenters. The van der Waals surface area contributed by atoms with Gasteiger partial charge in [-0.15, -0.1) is 0 Å². The molecule has 1 aromatic carbocycles. The summed E-state index contributed by atoms with van der Waals surface area (Å²) in [6.45, 7) is -0.542. The summed E-state index contributed by atoms with van der Waals surface area (Å²) in [6, 6.07) is 6.49. The van der Waals surface area contributed by atoms with Crippen molar-refractivity contribution in [2.24, 2.45) is 14.1 Å². The Morgan fingerprint density at radius 3 is 2.46 bits per heavy atom. The first-order valence-electron chi connectivity index (χ1n) is 7.33. The Balaban J connectivity index is 2.28. The fraction of sp³-hybridized carbons (Fsp3) is 0.267. The molecule has 1 aromatic heterocycles. The Morgan fingerprint density at radius 2 is 1.85 bits per heavy atom. The molecule has 9 nitrogen and oxygen atoms in total. The number of benzene rings is 1. The van der Waals surface area contributed by atoms with Gasteiger partial charge in [-0.25, -0.2) is 13.2 Å². The van der Waals surface area contributed by atoms with Crippen molar-refractivity contribution in [1.82, 2.24) is 13.4 Å². The van der Waals surface area contributed by atoms with Crippen LogP contribution >= 0.6 is 11.6 Å². The lowest BCUT2D eigenvalue weighted by Crippen LogP contribution is -2.43. The van der Waals surface area contributed by atoms with E-state index in [9.17, 15) is 22.8 Å². The van der Waals surface area contributed by atoms with Gasteiger partial charge in [0.2, 0.25) is 15.9 Å². The Hall–Kier alpha value is -2.43. The molecule has 26 heavy (non-hydrogen) atoms. The van der Waals surface area contributed by atoms with Gasteiger partial charge in [0.25, 0.3) is 5.56 Å². The van der Waals surface area contributed by atoms with Crippen LogP contribution in [0.2, 0.25) is 5.02 Å². The molecule has 0 fully saturated rings. The molecule has 11 heteroatoms. The van der Waals surface area contributed by atoms with Gasteiger partial charge < -0.3 is 9.88 Å². The van der Waals surface area contributed by atoms with Crippen LogP contribution in [0.4, 0.5) is 5.69 Å². The number of rotatable bonds is 5. The number of sulfonamides is 1. The average Bonchev–Trinajstić information content (AvgIpc) is 2.58. The fourth-order valence-electron chi connectivity index (χ4n) is 2.16. The number of nitrogens with zero attached hydrogens (tertiary/aromatic N) is 3. The second-order valence-corrected chi connectivity index (χ2v) is 7.96. The van der Waals surface area contributed by atoms with Crippen LogP contribution in [0.1, 0.15) is 0 Å². The number of amides is 1. The highest BCUT2D eigenvalue weighted by molar-refractivity contribution is 7.89. The van der Waals surface area contributed by atoms with Crippen LogP contribution in [0.25, 0.3) is 0 Å². The van der Waals surface area contributed by atoms with Gasteiger partial charge in [0, 0.05) is 27.3 Å². The standard InChI is InChI=1S/C15H17ClN4O5S/c1-18-8-12(14(22)20(3)15(18)23)26(24,25)19(2)9-13(21)17-11-7-5-4-6-10(11)16/h4-8H,9H2,1-3H3,(H,17,21). The number of carbonyl (C=O) groups excluding carboxylic acids is 1. The van der Waals surface area contributed by atoms with Gasteiger partial charge in [-0.3, -0.25) is 14.2 Å². The van der Waals surface area contributed by atoms with Crippen LogP contribution in [-0.4, -0.2) is 41.4 Å². The lowest BCUT2D eigenvalue weighted by Gasteiger charge is -2.17. The molecule has 0 saturated carbocycles. The second-order valence-electron chi connectivity index (χ2n) is 5.54. The molecule has 140 valence electrons. The summed E-state index contributed by atoms with van der Waals surface area (Å²) in [5, 5.41) is 2.80. The molecule has 0 radical (unpaired) electrons. The zero-order valence-corrected chi connectivity index (χ0v) is 15.8. The lowest BCUT2D eigenvalue weighted by atomic mass is 10.3. The quantitative estimate of drug-likeness (QED) is 0.759. The first kappa shape index (κ1) is 19.9. The molecule has 0 bridgehead atoms. The number of aryl methyl sites for hydroxylation is 1. The van der Waals surface area contributed by atoms with Crippen LogP contribution < -0.4 is 16.6 Å². The molecule has 2 aromatic rings. The third-order valence-electron chi connectivity index (χ3n) is 3.62. The van der Waals surface area contributed by atoms with Gasteiger partial charge in [-0.05, 0) is 12.1 Å². The number of hydrogen-bond donors (Lipinski definition) is 1. The molecule has 1 heterocycles. The Bertz CT molecular complexity index is 1070. The first-order valence-corrected chi connectivity index (χ1v) is 9.15. The van der Waals surface area contributed by atoms with E-state index in [2.05, 4.69) is 5.32 Å². The molecule has 0 saturated heterocycles. The zero-order chi connectivity index (χ0) is 19.6. The molecule has 0 unspecified atom stereocenters. The van der Waals surface area contributed by atoms with Crippen molar-refractivity contribution in [3.05, 3.63) is 56.3 Å². The number of anilines is 1. The van der Waals surface area contributed by atoms with Gasteiger partial charge in [-0.2, -0.15) is 4.31 Å². The van der Waals surface area contributed by atoms with E-state index in [0.29, 0.717) is 15.3 Å². The predicted molar refractivity (Wildman–Crippen MR) is 96.8 cm³/mol. The van der Waals surface area contributed by atoms with Crippen molar-refractivity contribution in [3.63, 3.8) is 0 Å². The summed E-state index contributed by atoms with van der Waals surface area (Å²) in [5.74, 6) is -0.634. The monoisotopic (exact) mass is 400 g/mol. The minimum Gasteiger partial charge on any atom is -0.324 e. The fourth-order valence-corrected chi connectivity index (χ4v) is 3.61. The van der Waals surface area contributed by atoms with E-state index in [-0.39, 0.29) is 0 Å². The summed E-state index contributed by atoms with van der Waals surface area (Å²) in [5.41, 5.74) is -1.29. The predicted octanol–water partition coefficient (Wildman–Crippen LogP) is -0.00340. The number of hydrogen-bond acceptors (Lipinski definition) is 5. The van der Waals surface area contributed by atoms with Crippen LogP contribution in [0.5, 0.6) is 0 Å². The summed E-state index contributed by atoms with van der Waals surface area (Å²) >= 11 is 5.94. The van der Waals surface area contributed by atoms with Gasteiger partial charge in [0.1, 0.15) is 0 Å². The smallest absolute Gasteiger partial charge is 0.324 e. The largest absolute Gasteiger partial charge is 0.330 e. The Labute approximate surface area is 154 Å². The lowest BCUT2D eigenvalue weighted by molar-refractivity contribution is -0.116. The van der Waals surface area contributed by atoms with E-state index in [0.717, 1.165) is 22.1 Å². The van der Waals surface area contributed by atoms with Gasteiger partial charge in [-0.1, -0.05) is 23.7 Å². The first-order chi connectivity index (χ1) is 12.1. The molecule has 0 aliphatic rings. The Morgan fingerprint density at radius 1 is 1.23 bits per heavy atom. The van der Waals surface area contributed by atoms with Crippen molar-refractivity contribution < 1.29 is 13.2 Å². The third kappa shape index (κ3) is 3.87. The van der Waals surface area contributed by atoms with Crippen LogP contribution in [0, 0.1) is 0 Å². The van der Waals surface area contributed by atoms with Crippen molar-refractivity contribution >= 4 is 33.2 Å². The molecule has 0 aliphatic carbocycles. The normalized spacial score (nSPS) is 11.6. The number of nitrogens with one attached hydrogen (secondary N) is 1. The minimum atomic E-state index is -4.28. The zero-order valence-electron chi connectivity index (χ0n) is 14.3. The van der Waals surface area contributed by atoms with Gasteiger partial charge >= 0.3 is 5.69 Å². The maximum atomic E-state index is 12.6. The maximum absolute atomic E-state index is 12.6. The van der Waals surface area contributed by atoms with E-state index in [1.165, 1.54) is 14.1 Å². The molecule has 0 aliphatic heterocycles. The van der Waals surface area contributed by atoms with Crippen LogP contribution in [0.3, 0.4) is 0 Å². The highest BCUT2D eigenvalue weighted by Gasteiger charge is 2.27. The summed E-state index contributed by atoms with van der Waals surface area (Å²) in [4.78, 5) is 35.3. The molecule has 0 spiro atoms. The van der Waals surface area contributed by atoms with Crippen LogP contribution in [-0.2, 0) is 28.9 Å². The highest BCUT2D eigenvalue weighted by atomic mass is 35.5. The molecule has 2 rings (SSSR count).